The molecule has 0 heterocycles. The highest BCUT2D eigenvalue weighted by Crippen LogP contribution is 2.45. The lowest BCUT2D eigenvalue weighted by Crippen LogP contribution is -2.38. The van der Waals surface area contributed by atoms with E-state index in [1.54, 1.807) is 0 Å². The van der Waals surface area contributed by atoms with Gasteiger partial charge in [0.25, 0.3) is 0 Å². The van der Waals surface area contributed by atoms with Gasteiger partial charge in [-0.25, -0.2) is 0 Å². The molecule has 1 aliphatic rings. The molecule has 0 saturated heterocycles. The van der Waals surface area contributed by atoms with Crippen LogP contribution >= 0.6 is 0 Å². The van der Waals surface area contributed by atoms with Crippen LogP contribution in [0.4, 0.5) is 0 Å². The second-order valence-electron chi connectivity index (χ2n) is 4.37. The van der Waals surface area contributed by atoms with Crippen molar-refractivity contribution in [3.8, 4) is 0 Å². The first-order valence-electron chi connectivity index (χ1n) is 4.80. The van der Waals surface area contributed by atoms with Crippen LogP contribution in [0.1, 0.15) is 46.0 Å². The van der Waals surface area contributed by atoms with Gasteiger partial charge >= 0.3 is 5.97 Å². The highest BCUT2D eigenvalue weighted by atomic mass is 16.4. The van der Waals surface area contributed by atoms with Crippen LogP contribution in [0.2, 0.25) is 0 Å². The normalized spacial score (nSPS) is 20.6. The summed E-state index contributed by atoms with van der Waals surface area (Å²) in [5.41, 5.74) is -0.329. The number of hydrogen-bond donors (Lipinski definition) is 1. The zero-order valence-corrected chi connectivity index (χ0v) is 7.97. The van der Waals surface area contributed by atoms with E-state index in [1.165, 1.54) is 0 Å². The monoisotopic (exact) mass is 170 g/mol. The lowest BCUT2D eigenvalue weighted by molar-refractivity contribution is -0.155. The summed E-state index contributed by atoms with van der Waals surface area (Å²) >= 11 is 0. The van der Waals surface area contributed by atoms with Gasteiger partial charge in [0.05, 0.1) is 5.41 Å². The quantitative estimate of drug-likeness (QED) is 0.704. The van der Waals surface area contributed by atoms with Crippen molar-refractivity contribution in [2.75, 3.05) is 0 Å². The smallest absolute Gasteiger partial charge is 0.309 e. The molecule has 70 valence electrons. The van der Waals surface area contributed by atoms with E-state index >= 15 is 0 Å². The average molecular weight is 170 g/mol. The summed E-state index contributed by atoms with van der Waals surface area (Å²) in [6.07, 6.45) is 4.82. The molecule has 0 unspecified atom stereocenters. The molecule has 0 aromatic carbocycles. The average Bonchev–Trinajstić information content (AvgIpc) is 1.83. The van der Waals surface area contributed by atoms with Crippen LogP contribution in [0.5, 0.6) is 0 Å². The maximum Gasteiger partial charge on any atom is 0.309 e. The van der Waals surface area contributed by atoms with Crippen molar-refractivity contribution in [3.05, 3.63) is 0 Å². The van der Waals surface area contributed by atoms with Crippen molar-refractivity contribution in [1.29, 1.82) is 0 Å². The van der Waals surface area contributed by atoms with E-state index in [9.17, 15) is 4.79 Å². The number of carboxylic acids is 1. The van der Waals surface area contributed by atoms with E-state index in [0.29, 0.717) is 5.92 Å². The molecule has 1 saturated carbocycles. The summed E-state index contributed by atoms with van der Waals surface area (Å²) < 4.78 is 0. The zero-order chi connectivity index (χ0) is 9.19. The molecular weight excluding hydrogens is 152 g/mol. The molecule has 1 aliphatic carbocycles. The Kier molecular flexibility index (Phi) is 2.76. The Morgan fingerprint density at radius 3 is 2.33 bits per heavy atom. The third-order valence-corrected chi connectivity index (χ3v) is 2.96. The van der Waals surface area contributed by atoms with E-state index in [2.05, 4.69) is 13.8 Å². The fraction of sp³-hybridized carbons (Fsp3) is 0.900. The fourth-order valence-corrected chi connectivity index (χ4v) is 1.74. The first-order valence-corrected chi connectivity index (χ1v) is 4.80. The summed E-state index contributed by atoms with van der Waals surface area (Å²) in [5.74, 6) is 0.0521. The summed E-state index contributed by atoms with van der Waals surface area (Å²) in [5, 5.41) is 9.00. The first-order chi connectivity index (χ1) is 5.57. The van der Waals surface area contributed by atoms with Crippen molar-refractivity contribution in [2.45, 2.75) is 46.0 Å². The van der Waals surface area contributed by atoms with Gasteiger partial charge < -0.3 is 5.11 Å². The summed E-state index contributed by atoms with van der Waals surface area (Å²) in [7, 11) is 0. The number of hydrogen-bond acceptors (Lipinski definition) is 1. The minimum absolute atomic E-state index is 0.329. The Hall–Kier alpha value is -0.530. The molecule has 2 heteroatoms. The molecule has 0 aliphatic heterocycles. The Labute approximate surface area is 74.0 Å². The Morgan fingerprint density at radius 2 is 2.08 bits per heavy atom. The van der Waals surface area contributed by atoms with Crippen LogP contribution in [-0.2, 0) is 4.79 Å². The second kappa shape index (κ2) is 3.46. The van der Waals surface area contributed by atoms with Gasteiger partial charge in [0.1, 0.15) is 0 Å². The molecule has 0 bridgehead atoms. The minimum Gasteiger partial charge on any atom is -0.481 e. The van der Waals surface area contributed by atoms with Crippen LogP contribution in [0.15, 0.2) is 0 Å². The maximum absolute atomic E-state index is 10.9. The van der Waals surface area contributed by atoms with Crippen molar-refractivity contribution < 1.29 is 9.90 Å². The van der Waals surface area contributed by atoms with Crippen LogP contribution in [0.3, 0.4) is 0 Å². The lowest BCUT2D eigenvalue weighted by atomic mass is 9.65. The van der Waals surface area contributed by atoms with E-state index in [4.69, 9.17) is 5.11 Å². The van der Waals surface area contributed by atoms with Gasteiger partial charge in [-0.15, -0.1) is 0 Å². The Morgan fingerprint density at radius 1 is 1.50 bits per heavy atom. The number of carboxylic acid groups (broad SMARTS) is 1. The molecule has 1 rings (SSSR count). The summed E-state index contributed by atoms with van der Waals surface area (Å²) in [4.78, 5) is 10.9. The van der Waals surface area contributed by atoms with Crippen molar-refractivity contribution >= 4 is 5.97 Å². The lowest BCUT2D eigenvalue weighted by Gasteiger charge is -2.38. The fourth-order valence-electron chi connectivity index (χ4n) is 1.74. The molecule has 1 fully saturated rings. The van der Waals surface area contributed by atoms with Crippen molar-refractivity contribution in [3.63, 3.8) is 0 Å². The van der Waals surface area contributed by atoms with Gasteiger partial charge in [-0.1, -0.05) is 20.3 Å². The van der Waals surface area contributed by atoms with Crippen LogP contribution in [0, 0.1) is 11.3 Å². The van der Waals surface area contributed by atoms with Crippen LogP contribution < -0.4 is 0 Å². The molecule has 2 nitrogen and oxygen atoms in total. The van der Waals surface area contributed by atoms with Crippen molar-refractivity contribution in [2.24, 2.45) is 11.3 Å². The molecule has 0 atom stereocenters. The number of aliphatic carboxylic acids is 1. The largest absolute Gasteiger partial charge is 0.481 e. The summed E-state index contributed by atoms with van der Waals surface area (Å²) in [6, 6.07) is 0. The van der Waals surface area contributed by atoms with Gasteiger partial charge in [0.15, 0.2) is 0 Å². The first kappa shape index (κ1) is 9.56. The molecule has 0 radical (unpaired) electrons. The highest BCUT2D eigenvalue weighted by molar-refractivity contribution is 5.75. The standard InChI is InChI=1S/C10H18O2/c1-8(2)4-7-10(9(11)12)5-3-6-10/h8H,3-7H2,1-2H3,(H,11,12). The molecule has 1 N–H and O–H groups in total. The summed E-state index contributed by atoms with van der Waals surface area (Å²) in [6.45, 7) is 4.29. The highest BCUT2D eigenvalue weighted by Gasteiger charge is 2.43. The third kappa shape index (κ3) is 1.79. The van der Waals surface area contributed by atoms with Gasteiger partial charge in [-0.2, -0.15) is 0 Å². The van der Waals surface area contributed by atoms with Gasteiger partial charge in [-0.05, 0) is 31.6 Å². The SMILES string of the molecule is CC(C)CCC1(C(=O)O)CCC1. The third-order valence-electron chi connectivity index (χ3n) is 2.96. The minimum atomic E-state index is -0.575. The Balaban J connectivity index is 2.40. The van der Waals surface area contributed by atoms with Gasteiger partial charge in [-0.3, -0.25) is 4.79 Å². The second-order valence-corrected chi connectivity index (χ2v) is 4.37. The molecule has 12 heavy (non-hydrogen) atoms. The maximum atomic E-state index is 10.9. The van der Waals surface area contributed by atoms with Crippen molar-refractivity contribution in [1.82, 2.24) is 0 Å². The van der Waals surface area contributed by atoms with E-state index in [0.717, 1.165) is 32.1 Å². The topological polar surface area (TPSA) is 37.3 Å². The van der Waals surface area contributed by atoms with E-state index in [-0.39, 0.29) is 5.41 Å². The predicted octanol–water partition coefficient (Wildman–Crippen LogP) is 2.68. The van der Waals surface area contributed by atoms with Crippen LogP contribution in [-0.4, -0.2) is 11.1 Å². The molecule has 0 spiro atoms. The van der Waals surface area contributed by atoms with Crippen LogP contribution in [0.25, 0.3) is 0 Å². The molecule has 0 amide bonds. The number of rotatable bonds is 4. The van der Waals surface area contributed by atoms with Gasteiger partial charge in [0.2, 0.25) is 0 Å². The molecule has 0 aromatic heterocycles. The Bertz CT molecular complexity index is 169. The van der Waals surface area contributed by atoms with E-state index < -0.39 is 5.97 Å². The van der Waals surface area contributed by atoms with E-state index in [1.807, 2.05) is 0 Å². The number of carbonyl (C=O) groups is 1. The zero-order valence-electron chi connectivity index (χ0n) is 7.97. The molecular formula is C10H18O2. The predicted molar refractivity (Wildman–Crippen MR) is 48.0 cm³/mol. The van der Waals surface area contributed by atoms with Gasteiger partial charge in [0, 0.05) is 0 Å². The molecule has 0 aromatic rings.